The van der Waals surface area contributed by atoms with Crippen LogP contribution in [0.25, 0.3) is 0 Å². The molecule has 0 saturated carbocycles. The Morgan fingerprint density at radius 1 is 0.416 bits per heavy atom. The fraction of sp³-hybridized carbons (Fsp3) is 0.765. The molecule has 40 nitrogen and oxygen atoms in total. The van der Waals surface area contributed by atoms with Gasteiger partial charge in [0.05, 0.1) is 12.5 Å². The van der Waals surface area contributed by atoms with Crippen molar-refractivity contribution in [1.82, 2.24) is 74.4 Å². The summed E-state index contributed by atoms with van der Waals surface area (Å²) in [6, 6.07) is -22.7. The van der Waals surface area contributed by atoms with Gasteiger partial charge in [0.25, 0.3) is 0 Å². The quantitative estimate of drug-likeness (QED) is 0.0283. The fourth-order valence-electron chi connectivity index (χ4n) is 13.5. The Bertz CT molecular complexity index is 3630. The highest BCUT2D eigenvalue weighted by Gasteiger charge is 2.42. The molecule has 1 aliphatic heterocycles. The number of aliphatic hydroxyl groups excluding tert-OH is 1. The van der Waals surface area contributed by atoms with Crippen molar-refractivity contribution >= 4 is 118 Å². The van der Waals surface area contributed by atoms with Crippen LogP contribution in [0.1, 0.15) is 272 Å². The molecule has 0 aromatic rings. The van der Waals surface area contributed by atoms with Gasteiger partial charge in [-0.1, -0.05) is 156 Å². The van der Waals surface area contributed by atoms with Gasteiger partial charge in [-0.15, -0.1) is 0 Å². The average Bonchev–Trinajstić information content (AvgIpc) is 1.13. The molecule has 1 saturated heterocycles. The average molecular weight is 1780 g/mol. The van der Waals surface area contributed by atoms with Crippen molar-refractivity contribution < 1.29 is 111 Å². The number of esters is 1. The molecule has 17 amide bonds. The second kappa shape index (κ2) is 58.0. The normalized spacial score (nSPS) is 20.6. The summed E-state index contributed by atoms with van der Waals surface area (Å²) in [5.41, 5.74) is 16.7. The van der Waals surface area contributed by atoms with Crippen molar-refractivity contribution in [2.24, 2.45) is 64.5 Å². The Morgan fingerprint density at radius 3 is 1.22 bits per heavy atom. The molecule has 1 rings (SSSR count). The van der Waals surface area contributed by atoms with E-state index in [0.717, 1.165) is 25.7 Å². The van der Waals surface area contributed by atoms with Crippen LogP contribution in [0.2, 0.25) is 0 Å². The maximum absolute atomic E-state index is 15.1. The highest BCUT2D eigenvalue weighted by molar-refractivity contribution is 6.01. The van der Waals surface area contributed by atoms with Gasteiger partial charge in [-0.05, 0) is 125 Å². The van der Waals surface area contributed by atoms with Crippen LogP contribution in [-0.2, 0) is 101 Å². The zero-order chi connectivity index (χ0) is 95.4. The summed E-state index contributed by atoms with van der Waals surface area (Å²) in [6.45, 7) is 28.6. The van der Waals surface area contributed by atoms with E-state index in [0.29, 0.717) is 12.8 Å². The Hall–Kier alpha value is -10.4. The molecular formula is C85H147N17O23. The predicted molar refractivity (Wildman–Crippen MR) is 460 cm³/mol. The third-order valence-electron chi connectivity index (χ3n) is 20.7. The molecule has 0 aromatic heterocycles. The molecule has 0 aromatic carbocycles. The van der Waals surface area contributed by atoms with Crippen molar-refractivity contribution in [1.29, 1.82) is 0 Å². The van der Waals surface area contributed by atoms with Crippen LogP contribution >= 0.6 is 0 Å². The number of aliphatic hydroxyl groups is 1. The number of carboxylic acid groups (broad SMARTS) is 1. The van der Waals surface area contributed by atoms with Crippen molar-refractivity contribution in [3.05, 3.63) is 0 Å². The number of ether oxygens (including phenoxy) is 1. The maximum atomic E-state index is 15.1. The van der Waals surface area contributed by atoms with E-state index in [1.54, 1.807) is 76.2 Å². The minimum atomic E-state index is -2.09. The molecule has 710 valence electrons. The number of Topliss-reactive ketones (excluding diaryl/α,β-unsaturated/α-hetero) is 1. The SMILES string of the molecule is CCCCCCC[C@@H](O)CC(=O)N[C@@H](CC(C)C)C(=O)N[C@H](CCC(=O)O)C(=O)N[C@H](CCC(N)=O)C(=O)N[C@@H](C(=O)N[C@H](CC(C)C)C(=O)N[C@@H](CCC(N)=O)C(=O)N[C@@H]1COC(=O)[C@H]([C@@H](C)CC)NC(=O)[C@@H](CCC(N)=O)NC(=O)[C@H](CC(C)C)NC(=O)[C@@H](CCC(C)=O)NC(=O)[C@H](CC(C)C)NC(=O)[C@@H](CC(C)C)NC(=O)[C@@H](C(C)C)NC1=O)C(C)C. The third kappa shape index (κ3) is 45.3. The number of carboxylic acids is 1. The number of cyclic esters (lactones) is 1. The minimum Gasteiger partial charge on any atom is -0.481 e. The summed E-state index contributed by atoms with van der Waals surface area (Å²) < 4.78 is 5.80. The van der Waals surface area contributed by atoms with Gasteiger partial charge in [0.1, 0.15) is 97.0 Å². The number of amides is 17. The molecule has 1 fully saturated rings. The summed E-state index contributed by atoms with van der Waals surface area (Å²) in [6.07, 6.45) is -1.82. The van der Waals surface area contributed by atoms with E-state index in [2.05, 4.69) is 81.4 Å². The number of rotatable bonds is 50. The fourth-order valence-corrected chi connectivity index (χ4v) is 13.5. The number of nitrogens with one attached hydrogen (secondary N) is 14. The number of carbonyl (C=O) groups is 20. The van der Waals surface area contributed by atoms with Gasteiger partial charge >= 0.3 is 11.9 Å². The van der Waals surface area contributed by atoms with E-state index in [-0.39, 0.29) is 87.2 Å². The van der Waals surface area contributed by atoms with Crippen LogP contribution in [0.5, 0.6) is 0 Å². The predicted octanol–water partition coefficient (Wildman–Crippen LogP) is 0.0610. The molecule has 40 heteroatoms. The first-order chi connectivity index (χ1) is 58.3. The van der Waals surface area contributed by atoms with E-state index in [1.165, 1.54) is 41.5 Å². The van der Waals surface area contributed by atoms with E-state index >= 15 is 9.59 Å². The van der Waals surface area contributed by atoms with Crippen LogP contribution in [0.3, 0.4) is 0 Å². The monoisotopic (exact) mass is 1770 g/mol. The Morgan fingerprint density at radius 2 is 0.800 bits per heavy atom. The van der Waals surface area contributed by atoms with Crippen molar-refractivity contribution in [3.63, 3.8) is 0 Å². The van der Waals surface area contributed by atoms with Crippen LogP contribution < -0.4 is 91.6 Å². The van der Waals surface area contributed by atoms with Gasteiger partial charge in [0.2, 0.25) is 100 Å². The number of hydrogen-bond donors (Lipinski definition) is 19. The summed E-state index contributed by atoms with van der Waals surface area (Å²) in [5, 5.41) is 56.3. The van der Waals surface area contributed by atoms with E-state index in [9.17, 15) is 96.5 Å². The largest absolute Gasteiger partial charge is 0.481 e. The number of carbonyl (C=O) groups excluding carboxylic acids is 19. The maximum Gasteiger partial charge on any atom is 0.329 e. The molecule has 0 radical (unpaired) electrons. The number of primary amides is 3. The minimum absolute atomic E-state index is 0.0367. The van der Waals surface area contributed by atoms with Crippen LogP contribution in [0.15, 0.2) is 0 Å². The number of aliphatic carboxylic acids is 1. The first-order valence-electron chi connectivity index (χ1n) is 44.0. The standard InChI is InChI=1S/C85H147N17O23/c1-19-21-22-23-24-25-52(104)41-67(108)89-58(36-43(3)4)77(116)94-57(31-35-68(109)110)72(111)90-55(29-33-65(87)106)75(114)100-69(48(13)14)83(122)97-61(39-46(9)10)80(119)92-54(28-32-64(86)105)74(113)99-63-42-125-85(124)71(50(17)20-2)102-76(115)56(30-34-66(88)107)93-78(117)59(37-44(5)6)95-73(112)53(27-26-51(18)103)91-79(118)60(38-45(7)8)96-81(120)62(40-47(11)12)98-84(123)70(49(15)16)101-82(63)121/h43-50,52-63,69-71,104H,19-42H2,1-18H3,(H2,86,105)(H2,87,106)(H2,88,107)(H,89,108)(H,90,111)(H,91,118)(H,92,119)(H,93,117)(H,94,116)(H,95,112)(H,96,120)(H,97,122)(H,98,123)(H,99,113)(H,100,114)(H,101,121)(H,102,115)(H,109,110)/t50-,52+,53+,54-,55+,56+,57+,58-,59-,60-,61+,62+,63+,69+,70+,71-/m0/s1. The first-order valence-corrected chi connectivity index (χ1v) is 44.0. The van der Waals surface area contributed by atoms with Gasteiger partial charge in [0.15, 0.2) is 0 Å². The first kappa shape index (κ1) is 113. The van der Waals surface area contributed by atoms with E-state index in [1.807, 2.05) is 0 Å². The number of hydrogen-bond acceptors (Lipinski definition) is 22. The van der Waals surface area contributed by atoms with Crippen molar-refractivity contribution in [3.8, 4) is 0 Å². The molecular weight excluding hydrogens is 1630 g/mol. The lowest BCUT2D eigenvalue weighted by atomic mass is 9.98. The van der Waals surface area contributed by atoms with Crippen molar-refractivity contribution in [2.45, 2.75) is 363 Å². The molecule has 1 aliphatic rings. The van der Waals surface area contributed by atoms with Gasteiger partial charge in [-0.3, -0.25) is 86.3 Å². The lowest BCUT2D eigenvalue weighted by Crippen LogP contribution is -2.62. The number of nitrogens with two attached hydrogens (primary N) is 3. The summed E-state index contributed by atoms with van der Waals surface area (Å²) in [5.74, 6) is -24.3. The van der Waals surface area contributed by atoms with Crippen molar-refractivity contribution in [2.75, 3.05) is 6.61 Å². The number of unbranched alkanes of at least 4 members (excludes halogenated alkanes) is 4. The van der Waals surface area contributed by atoms with Gasteiger partial charge in [-0.2, -0.15) is 0 Å². The lowest BCUT2D eigenvalue weighted by Gasteiger charge is -2.30. The summed E-state index contributed by atoms with van der Waals surface area (Å²) in [7, 11) is 0. The molecule has 125 heavy (non-hydrogen) atoms. The zero-order valence-corrected chi connectivity index (χ0v) is 76.4. The lowest BCUT2D eigenvalue weighted by molar-refractivity contribution is -0.152. The van der Waals surface area contributed by atoms with Crippen LogP contribution in [0, 0.1) is 47.3 Å². The third-order valence-corrected chi connectivity index (χ3v) is 20.7. The molecule has 1 heterocycles. The van der Waals surface area contributed by atoms with E-state index in [4.69, 9.17) is 21.9 Å². The van der Waals surface area contributed by atoms with Crippen LogP contribution in [0.4, 0.5) is 0 Å². The highest BCUT2D eigenvalue weighted by Crippen LogP contribution is 2.20. The smallest absolute Gasteiger partial charge is 0.329 e. The molecule has 16 atom stereocenters. The topological polar surface area (TPSA) is 638 Å². The second-order valence-corrected chi connectivity index (χ2v) is 35.6. The molecule has 0 aliphatic carbocycles. The second-order valence-electron chi connectivity index (χ2n) is 35.6. The molecule has 0 spiro atoms. The Kier molecular flexibility index (Phi) is 52.2. The van der Waals surface area contributed by atoms with Gasteiger partial charge < -0.3 is 111 Å². The Balaban J connectivity index is 4.23. The Labute approximate surface area is 734 Å². The van der Waals surface area contributed by atoms with E-state index < -0.39 is 285 Å². The number of ketones is 1. The highest BCUT2D eigenvalue weighted by atomic mass is 16.5. The summed E-state index contributed by atoms with van der Waals surface area (Å²) >= 11 is 0. The van der Waals surface area contributed by atoms with Gasteiger partial charge in [-0.25, -0.2) is 4.79 Å². The molecule has 0 unspecified atom stereocenters. The molecule has 0 bridgehead atoms. The summed E-state index contributed by atoms with van der Waals surface area (Å²) in [4.78, 5) is 280. The van der Waals surface area contributed by atoms with Gasteiger partial charge in [0, 0.05) is 32.1 Å². The molecule has 22 N–H and O–H groups in total. The van der Waals surface area contributed by atoms with Crippen LogP contribution in [-0.4, -0.2) is 226 Å². The zero-order valence-electron chi connectivity index (χ0n) is 76.4.